The van der Waals surface area contributed by atoms with Crippen molar-refractivity contribution in [3.05, 3.63) is 63.7 Å². The van der Waals surface area contributed by atoms with Crippen LogP contribution in [-0.2, 0) is 13.1 Å². The first kappa shape index (κ1) is 13.0. The van der Waals surface area contributed by atoms with Crippen LogP contribution in [0.25, 0.3) is 0 Å². The third-order valence-electron chi connectivity index (χ3n) is 3.64. The average Bonchev–Trinajstić information content (AvgIpc) is 2.84. The molecule has 2 aromatic rings. The van der Waals surface area contributed by atoms with E-state index in [4.69, 9.17) is 17.3 Å². The minimum atomic E-state index is 0.0274. The minimum absolute atomic E-state index is 0.0274. The molecule has 0 unspecified atom stereocenters. The maximum absolute atomic E-state index is 12.5. The number of aryl methyl sites for hydroxylation is 1. The van der Waals surface area contributed by atoms with Crippen LogP contribution < -0.4 is 5.73 Å². The van der Waals surface area contributed by atoms with Gasteiger partial charge in [0.25, 0.3) is 5.91 Å². The molecule has 1 aliphatic heterocycles. The average molecular weight is 287 g/mol. The van der Waals surface area contributed by atoms with Crippen LogP contribution in [0, 0.1) is 6.92 Å². The Morgan fingerprint density at radius 1 is 1.15 bits per heavy atom. The number of rotatable bonds is 1. The minimum Gasteiger partial charge on any atom is -0.399 e. The quantitative estimate of drug-likeness (QED) is 0.817. The number of hydrogen-bond donors (Lipinski definition) is 1. The van der Waals surface area contributed by atoms with Gasteiger partial charge in [-0.1, -0.05) is 17.7 Å². The zero-order chi connectivity index (χ0) is 14.3. The lowest BCUT2D eigenvalue weighted by Crippen LogP contribution is -2.25. The molecule has 1 heterocycles. The predicted molar refractivity (Wildman–Crippen MR) is 80.6 cm³/mol. The van der Waals surface area contributed by atoms with Crippen molar-refractivity contribution in [2.24, 2.45) is 0 Å². The molecule has 0 saturated carbocycles. The molecule has 0 fully saturated rings. The van der Waals surface area contributed by atoms with Crippen LogP contribution in [0.2, 0.25) is 5.02 Å². The molecule has 0 aliphatic carbocycles. The Bertz CT molecular complexity index is 697. The number of carbonyl (C=O) groups excluding carboxylic acids is 1. The lowest BCUT2D eigenvalue weighted by Gasteiger charge is -2.16. The molecule has 102 valence electrons. The van der Waals surface area contributed by atoms with Gasteiger partial charge in [-0.3, -0.25) is 4.79 Å². The molecular formula is C16H15ClN2O. The summed E-state index contributed by atoms with van der Waals surface area (Å²) < 4.78 is 0. The van der Waals surface area contributed by atoms with E-state index >= 15 is 0 Å². The topological polar surface area (TPSA) is 46.3 Å². The van der Waals surface area contributed by atoms with E-state index < -0.39 is 0 Å². The molecule has 3 nitrogen and oxygen atoms in total. The number of halogens is 1. The number of nitrogen functional groups attached to an aromatic ring is 1. The summed E-state index contributed by atoms with van der Waals surface area (Å²) in [4.78, 5) is 14.3. The molecule has 0 saturated heterocycles. The Kier molecular flexibility index (Phi) is 3.14. The fourth-order valence-corrected chi connectivity index (χ4v) is 2.64. The van der Waals surface area contributed by atoms with Gasteiger partial charge in [0.15, 0.2) is 0 Å². The Morgan fingerprint density at radius 3 is 2.65 bits per heavy atom. The Labute approximate surface area is 123 Å². The number of nitrogens with two attached hydrogens (primary N) is 1. The summed E-state index contributed by atoms with van der Waals surface area (Å²) in [6.45, 7) is 3.15. The highest BCUT2D eigenvalue weighted by Gasteiger charge is 2.24. The number of nitrogens with zero attached hydrogens (tertiary/aromatic N) is 1. The van der Waals surface area contributed by atoms with Crippen molar-refractivity contribution in [1.82, 2.24) is 4.90 Å². The number of hydrogen-bond acceptors (Lipinski definition) is 2. The molecule has 3 rings (SSSR count). The van der Waals surface area contributed by atoms with E-state index in [1.54, 1.807) is 12.1 Å². The maximum Gasteiger partial charge on any atom is 0.254 e. The zero-order valence-corrected chi connectivity index (χ0v) is 11.9. The molecule has 0 aromatic heterocycles. The van der Waals surface area contributed by atoms with Crippen LogP contribution >= 0.6 is 11.6 Å². The van der Waals surface area contributed by atoms with Crippen molar-refractivity contribution in [1.29, 1.82) is 0 Å². The molecule has 1 aliphatic rings. The number of anilines is 1. The first-order valence-corrected chi connectivity index (χ1v) is 6.85. The van der Waals surface area contributed by atoms with Crippen LogP contribution in [0.4, 0.5) is 5.69 Å². The summed E-state index contributed by atoms with van der Waals surface area (Å²) in [6, 6.07) is 11.2. The van der Waals surface area contributed by atoms with Crippen molar-refractivity contribution in [3.8, 4) is 0 Å². The Morgan fingerprint density at radius 2 is 1.90 bits per heavy atom. The lowest BCUT2D eigenvalue weighted by atomic mass is 10.1. The smallest absolute Gasteiger partial charge is 0.254 e. The van der Waals surface area contributed by atoms with Crippen LogP contribution in [0.3, 0.4) is 0 Å². The fraction of sp³-hybridized carbons (Fsp3) is 0.188. The van der Waals surface area contributed by atoms with E-state index in [1.807, 2.05) is 36.1 Å². The van der Waals surface area contributed by atoms with E-state index in [-0.39, 0.29) is 5.91 Å². The summed E-state index contributed by atoms with van der Waals surface area (Å²) in [5, 5.41) is 0.680. The number of carbonyl (C=O) groups is 1. The van der Waals surface area contributed by atoms with Gasteiger partial charge >= 0.3 is 0 Å². The molecule has 20 heavy (non-hydrogen) atoms. The standard InChI is InChI=1S/C16H15ClN2O/c1-10-6-11(3-5-15(10)17)16(20)19-8-12-2-4-14(18)7-13(12)9-19/h2-7H,8-9,18H2,1H3. The molecule has 4 heteroatoms. The Hall–Kier alpha value is -2.00. The second-order valence-corrected chi connectivity index (χ2v) is 5.56. The summed E-state index contributed by atoms with van der Waals surface area (Å²) >= 11 is 6.00. The number of fused-ring (bicyclic) bond motifs is 1. The molecule has 2 N–H and O–H groups in total. The normalized spacial score (nSPS) is 13.4. The van der Waals surface area contributed by atoms with Gasteiger partial charge in [-0.2, -0.15) is 0 Å². The molecule has 0 bridgehead atoms. The third-order valence-corrected chi connectivity index (χ3v) is 4.07. The second-order valence-electron chi connectivity index (χ2n) is 5.15. The van der Waals surface area contributed by atoms with Crippen molar-refractivity contribution in [2.45, 2.75) is 20.0 Å². The van der Waals surface area contributed by atoms with Crippen LogP contribution in [0.1, 0.15) is 27.0 Å². The summed E-state index contributed by atoms with van der Waals surface area (Å²) in [7, 11) is 0. The maximum atomic E-state index is 12.5. The Balaban J connectivity index is 1.85. The lowest BCUT2D eigenvalue weighted by molar-refractivity contribution is 0.0751. The molecule has 0 atom stereocenters. The van der Waals surface area contributed by atoms with Gasteiger partial charge in [-0.05, 0) is 53.9 Å². The highest BCUT2D eigenvalue weighted by Crippen LogP contribution is 2.26. The van der Waals surface area contributed by atoms with Gasteiger partial charge in [-0.15, -0.1) is 0 Å². The van der Waals surface area contributed by atoms with E-state index in [0.717, 1.165) is 16.8 Å². The van der Waals surface area contributed by atoms with Gasteiger partial charge < -0.3 is 10.6 Å². The highest BCUT2D eigenvalue weighted by atomic mass is 35.5. The zero-order valence-electron chi connectivity index (χ0n) is 11.2. The summed E-state index contributed by atoms with van der Waals surface area (Å²) in [5.74, 6) is 0.0274. The predicted octanol–water partition coefficient (Wildman–Crippen LogP) is 3.39. The van der Waals surface area contributed by atoms with Gasteiger partial charge in [0, 0.05) is 29.4 Å². The fourth-order valence-electron chi connectivity index (χ4n) is 2.52. The van der Waals surface area contributed by atoms with Gasteiger partial charge in [0.05, 0.1) is 0 Å². The van der Waals surface area contributed by atoms with E-state index in [1.165, 1.54) is 5.56 Å². The van der Waals surface area contributed by atoms with Crippen LogP contribution in [0.15, 0.2) is 36.4 Å². The van der Waals surface area contributed by atoms with E-state index in [2.05, 4.69) is 0 Å². The second kappa shape index (κ2) is 4.84. The molecule has 0 spiro atoms. The molecule has 1 amide bonds. The largest absolute Gasteiger partial charge is 0.399 e. The van der Waals surface area contributed by atoms with Gasteiger partial charge in [-0.25, -0.2) is 0 Å². The summed E-state index contributed by atoms with van der Waals surface area (Å²) in [5.41, 5.74) is 10.4. The van der Waals surface area contributed by atoms with Crippen LogP contribution in [-0.4, -0.2) is 10.8 Å². The molecular weight excluding hydrogens is 272 g/mol. The van der Waals surface area contributed by atoms with Gasteiger partial charge in [0.1, 0.15) is 0 Å². The van der Waals surface area contributed by atoms with Crippen molar-refractivity contribution in [2.75, 3.05) is 5.73 Å². The first-order chi connectivity index (χ1) is 9.54. The van der Waals surface area contributed by atoms with Crippen molar-refractivity contribution >= 4 is 23.2 Å². The third kappa shape index (κ3) is 2.25. The first-order valence-electron chi connectivity index (χ1n) is 6.47. The number of benzene rings is 2. The van der Waals surface area contributed by atoms with Crippen molar-refractivity contribution < 1.29 is 4.79 Å². The van der Waals surface area contributed by atoms with Crippen molar-refractivity contribution in [3.63, 3.8) is 0 Å². The van der Waals surface area contributed by atoms with Gasteiger partial charge in [0.2, 0.25) is 0 Å². The van der Waals surface area contributed by atoms with E-state index in [0.29, 0.717) is 23.7 Å². The monoisotopic (exact) mass is 286 g/mol. The highest BCUT2D eigenvalue weighted by molar-refractivity contribution is 6.31. The number of amides is 1. The SMILES string of the molecule is Cc1cc(C(=O)N2Cc3ccc(N)cc3C2)ccc1Cl. The summed E-state index contributed by atoms with van der Waals surface area (Å²) in [6.07, 6.45) is 0. The van der Waals surface area contributed by atoms with Crippen LogP contribution in [0.5, 0.6) is 0 Å². The molecule has 2 aromatic carbocycles. The molecule has 0 radical (unpaired) electrons. The van der Waals surface area contributed by atoms with E-state index in [9.17, 15) is 4.79 Å².